The standard InChI is InChI=1S/C12H14N2O2/c1-9-3-2-4-11(7-9)15-6-5-10-8-12(13)16-14-10/h2-4,7-8H,5-6,13H2,1H3. The van der Waals surface area contributed by atoms with E-state index in [4.69, 9.17) is 15.0 Å². The first kappa shape index (κ1) is 10.5. The van der Waals surface area contributed by atoms with Crippen molar-refractivity contribution in [1.82, 2.24) is 5.16 Å². The van der Waals surface area contributed by atoms with Gasteiger partial charge in [-0.25, -0.2) is 0 Å². The first-order valence-electron chi connectivity index (χ1n) is 5.14. The molecule has 0 radical (unpaired) electrons. The third-order valence-corrected chi connectivity index (χ3v) is 2.19. The van der Waals surface area contributed by atoms with Crippen molar-refractivity contribution in [2.75, 3.05) is 12.3 Å². The van der Waals surface area contributed by atoms with Gasteiger partial charge in [-0.2, -0.15) is 0 Å². The minimum Gasteiger partial charge on any atom is -0.493 e. The van der Waals surface area contributed by atoms with Gasteiger partial charge in [0.25, 0.3) is 0 Å². The molecular weight excluding hydrogens is 204 g/mol. The second kappa shape index (κ2) is 4.70. The summed E-state index contributed by atoms with van der Waals surface area (Å²) < 4.78 is 10.3. The zero-order valence-corrected chi connectivity index (χ0v) is 9.14. The summed E-state index contributed by atoms with van der Waals surface area (Å²) in [6.45, 7) is 2.60. The monoisotopic (exact) mass is 218 g/mol. The van der Waals surface area contributed by atoms with Gasteiger partial charge in [-0.3, -0.25) is 0 Å². The van der Waals surface area contributed by atoms with Gasteiger partial charge < -0.3 is 15.0 Å². The average Bonchev–Trinajstić information content (AvgIpc) is 2.64. The lowest BCUT2D eigenvalue weighted by molar-refractivity contribution is 0.316. The summed E-state index contributed by atoms with van der Waals surface area (Å²) in [5.41, 5.74) is 7.41. The van der Waals surface area contributed by atoms with Crippen molar-refractivity contribution in [3.8, 4) is 5.75 Å². The summed E-state index contributed by atoms with van der Waals surface area (Å²) in [7, 11) is 0. The zero-order valence-electron chi connectivity index (χ0n) is 9.14. The third-order valence-electron chi connectivity index (χ3n) is 2.19. The fraction of sp³-hybridized carbons (Fsp3) is 0.250. The molecule has 4 heteroatoms. The van der Waals surface area contributed by atoms with E-state index in [1.807, 2.05) is 31.2 Å². The normalized spacial score (nSPS) is 10.3. The van der Waals surface area contributed by atoms with Crippen molar-refractivity contribution >= 4 is 5.88 Å². The lowest BCUT2D eigenvalue weighted by Crippen LogP contribution is -2.01. The molecule has 0 spiro atoms. The molecule has 0 unspecified atom stereocenters. The maximum atomic E-state index is 5.58. The highest BCUT2D eigenvalue weighted by atomic mass is 16.5. The van der Waals surface area contributed by atoms with Crippen LogP contribution in [-0.4, -0.2) is 11.8 Å². The fourth-order valence-corrected chi connectivity index (χ4v) is 1.42. The molecule has 84 valence electrons. The number of hydrogen-bond acceptors (Lipinski definition) is 4. The molecule has 0 aliphatic rings. The Bertz CT molecular complexity index is 466. The molecule has 0 atom stereocenters. The largest absolute Gasteiger partial charge is 0.493 e. The van der Waals surface area contributed by atoms with Crippen LogP contribution in [0.25, 0.3) is 0 Å². The quantitative estimate of drug-likeness (QED) is 0.854. The van der Waals surface area contributed by atoms with E-state index < -0.39 is 0 Å². The number of benzene rings is 1. The molecule has 16 heavy (non-hydrogen) atoms. The molecular formula is C12H14N2O2. The molecule has 1 aromatic carbocycles. The third kappa shape index (κ3) is 2.76. The predicted octanol–water partition coefficient (Wildman–Crippen LogP) is 2.19. The zero-order chi connectivity index (χ0) is 11.4. The average molecular weight is 218 g/mol. The Balaban J connectivity index is 1.84. The number of aromatic nitrogens is 1. The highest BCUT2D eigenvalue weighted by molar-refractivity contribution is 5.27. The lowest BCUT2D eigenvalue weighted by Gasteiger charge is -2.04. The second-order valence-corrected chi connectivity index (χ2v) is 3.64. The molecule has 2 rings (SSSR count). The van der Waals surface area contributed by atoms with E-state index in [0.717, 1.165) is 11.4 Å². The van der Waals surface area contributed by atoms with Gasteiger partial charge in [0.15, 0.2) is 0 Å². The van der Waals surface area contributed by atoms with E-state index in [2.05, 4.69) is 5.16 Å². The van der Waals surface area contributed by atoms with Crippen LogP contribution in [0.1, 0.15) is 11.3 Å². The van der Waals surface area contributed by atoms with E-state index in [1.165, 1.54) is 5.56 Å². The van der Waals surface area contributed by atoms with Crippen molar-refractivity contribution in [2.24, 2.45) is 0 Å². The highest BCUT2D eigenvalue weighted by Gasteiger charge is 2.01. The van der Waals surface area contributed by atoms with Gasteiger partial charge in [0.05, 0.1) is 12.3 Å². The Hall–Kier alpha value is -1.97. The Morgan fingerprint density at radius 2 is 2.25 bits per heavy atom. The van der Waals surface area contributed by atoms with Crippen molar-refractivity contribution in [2.45, 2.75) is 13.3 Å². The van der Waals surface area contributed by atoms with E-state index >= 15 is 0 Å². The minimum absolute atomic E-state index is 0.338. The molecule has 0 saturated carbocycles. The Labute approximate surface area is 94.0 Å². The number of nitrogens with zero attached hydrogens (tertiary/aromatic N) is 1. The van der Waals surface area contributed by atoms with E-state index in [-0.39, 0.29) is 0 Å². The maximum absolute atomic E-state index is 5.58. The molecule has 0 saturated heterocycles. The van der Waals surface area contributed by atoms with Gasteiger partial charge in [0.1, 0.15) is 5.75 Å². The van der Waals surface area contributed by atoms with Gasteiger partial charge >= 0.3 is 0 Å². The Morgan fingerprint density at radius 3 is 2.94 bits per heavy atom. The number of aryl methyl sites for hydroxylation is 1. The first-order valence-corrected chi connectivity index (χ1v) is 5.14. The van der Waals surface area contributed by atoms with Crippen LogP contribution < -0.4 is 10.5 Å². The summed E-state index contributed by atoms with van der Waals surface area (Å²) in [6, 6.07) is 9.64. The summed E-state index contributed by atoms with van der Waals surface area (Å²) in [5, 5.41) is 3.78. The number of hydrogen-bond donors (Lipinski definition) is 1. The molecule has 0 fully saturated rings. The van der Waals surface area contributed by atoms with Gasteiger partial charge in [-0.1, -0.05) is 17.3 Å². The second-order valence-electron chi connectivity index (χ2n) is 3.64. The van der Waals surface area contributed by atoms with E-state index in [1.54, 1.807) is 6.07 Å². The molecule has 2 N–H and O–H groups in total. The fourth-order valence-electron chi connectivity index (χ4n) is 1.42. The topological polar surface area (TPSA) is 61.3 Å². The molecule has 4 nitrogen and oxygen atoms in total. The van der Waals surface area contributed by atoms with Crippen LogP contribution in [0.2, 0.25) is 0 Å². The summed E-state index contributed by atoms with van der Waals surface area (Å²) in [4.78, 5) is 0. The summed E-state index contributed by atoms with van der Waals surface area (Å²) in [6.07, 6.45) is 0.689. The molecule has 0 aliphatic carbocycles. The number of rotatable bonds is 4. The number of nitrogen functional groups attached to an aromatic ring is 1. The lowest BCUT2D eigenvalue weighted by atomic mass is 10.2. The molecule has 0 amide bonds. The maximum Gasteiger partial charge on any atom is 0.222 e. The van der Waals surface area contributed by atoms with E-state index in [9.17, 15) is 0 Å². The first-order chi connectivity index (χ1) is 7.74. The van der Waals surface area contributed by atoms with Gasteiger partial charge in [0, 0.05) is 12.5 Å². The predicted molar refractivity (Wildman–Crippen MR) is 61.3 cm³/mol. The van der Waals surface area contributed by atoms with E-state index in [0.29, 0.717) is 18.9 Å². The number of ether oxygens (including phenoxy) is 1. The van der Waals surface area contributed by atoms with Crippen LogP contribution >= 0.6 is 0 Å². The van der Waals surface area contributed by atoms with Crippen LogP contribution in [0.5, 0.6) is 5.75 Å². The van der Waals surface area contributed by atoms with Crippen LogP contribution in [0.15, 0.2) is 34.9 Å². The summed E-state index contributed by atoms with van der Waals surface area (Å²) in [5.74, 6) is 1.21. The molecule has 0 aliphatic heterocycles. The van der Waals surface area contributed by atoms with Crippen LogP contribution in [0.4, 0.5) is 5.88 Å². The van der Waals surface area contributed by atoms with Crippen LogP contribution in [0, 0.1) is 6.92 Å². The molecule has 1 aromatic heterocycles. The van der Waals surface area contributed by atoms with Crippen molar-refractivity contribution in [1.29, 1.82) is 0 Å². The molecule has 2 aromatic rings. The van der Waals surface area contributed by atoms with Crippen LogP contribution in [0.3, 0.4) is 0 Å². The Kier molecular flexibility index (Phi) is 3.10. The number of anilines is 1. The van der Waals surface area contributed by atoms with Crippen molar-refractivity contribution in [3.63, 3.8) is 0 Å². The van der Waals surface area contributed by atoms with Gasteiger partial charge in [-0.15, -0.1) is 0 Å². The molecule has 1 heterocycles. The number of nitrogens with two attached hydrogens (primary N) is 1. The van der Waals surface area contributed by atoms with Gasteiger partial charge in [0.2, 0.25) is 5.88 Å². The van der Waals surface area contributed by atoms with Crippen molar-refractivity contribution in [3.05, 3.63) is 41.6 Å². The smallest absolute Gasteiger partial charge is 0.222 e. The minimum atomic E-state index is 0.338. The Morgan fingerprint density at radius 1 is 1.38 bits per heavy atom. The molecule has 0 bridgehead atoms. The van der Waals surface area contributed by atoms with Crippen LogP contribution in [-0.2, 0) is 6.42 Å². The SMILES string of the molecule is Cc1cccc(OCCc2cc(N)on2)c1. The summed E-state index contributed by atoms with van der Waals surface area (Å²) >= 11 is 0. The highest BCUT2D eigenvalue weighted by Crippen LogP contribution is 2.13. The van der Waals surface area contributed by atoms with Gasteiger partial charge in [-0.05, 0) is 24.6 Å². The van der Waals surface area contributed by atoms with Crippen molar-refractivity contribution < 1.29 is 9.26 Å².